The van der Waals surface area contributed by atoms with Gasteiger partial charge in [0.05, 0.1) is 14.9 Å². The summed E-state index contributed by atoms with van der Waals surface area (Å²) in [6.07, 6.45) is 0. The zero-order valence-electron chi connectivity index (χ0n) is 14.7. The first-order chi connectivity index (χ1) is 13.3. The van der Waals surface area contributed by atoms with Gasteiger partial charge in [-0.05, 0) is 61.0 Å². The predicted octanol–water partition coefficient (Wildman–Crippen LogP) is 5.35. The summed E-state index contributed by atoms with van der Waals surface area (Å²) >= 11 is 11.9. The molecular formula is C20H16Cl2N2O3S. The Morgan fingerprint density at radius 1 is 0.857 bits per heavy atom. The molecule has 0 radical (unpaired) electrons. The van der Waals surface area contributed by atoms with Crippen LogP contribution in [0.3, 0.4) is 0 Å². The van der Waals surface area contributed by atoms with Gasteiger partial charge in [-0.25, -0.2) is 8.42 Å². The largest absolute Gasteiger partial charge is 0.322 e. The molecule has 3 aromatic rings. The average Bonchev–Trinajstić information content (AvgIpc) is 2.65. The Morgan fingerprint density at radius 2 is 1.46 bits per heavy atom. The second kappa shape index (κ2) is 8.22. The smallest absolute Gasteiger partial charge is 0.261 e. The minimum atomic E-state index is -3.72. The lowest BCUT2D eigenvalue weighted by atomic mass is 10.1. The minimum Gasteiger partial charge on any atom is -0.322 e. The summed E-state index contributed by atoms with van der Waals surface area (Å²) < 4.78 is 27.4. The number of para-hydroxylation sites is 1. The Hall–Kier alpha value is -2.54. The van der Waals surface area contributed by atoms with Crippen LogP contribution in [0.5, 0.6) is 0 Å². The highest BCUT2D eigenvalue weighted by Gasteiger charge is 2.15. The summed E-state index contributed by atoms with van der Waals surface area (Å²) in [5.41, 5.74) is 1.99. The highest BCUT2D eigenvalue weighted by Crippen LogP contribution is 2.26. The maximum absolute atomic E-state index is 12.5. The van der Waals surface area contributed by atoms with Gasteiger partial charge in [0.2, 0.25) is 0 Å². The first kappa shape index (κ1) is 20.2. The molecule has 1 amide bonds. The van der Waals surface area contributed by atoms with Gasteiger partial charge in [0.25, 0.3) is 15.9 Å². The molecule has 0 aliphatic heterocycles. The van der Waals surface area contributed by atoms with Crippen LogP contribution in [-0.2, 0) is 10.0 Å². The molecule has 2 N–H and O–H groups in total. The minimum absolute atomic E-state index is 0.0834. The molecule has 0 saturated carbocycles. The van der Waals surface area contributed by atoms with E-state index < -0.39 is 10.0 Å². The number of anilines is 2. The molecule has 0 unspecified atom stereocenters. The summed E-state index contributed by atoms with van der Waals surface area (Å²) in [6.45, 7) is 1.75. The zero-order valence-corrected chi connectivity index (χ0v) is 17.1. The topological polar surface area (TPSA) is 75.3 Å². The van der Waals surface area contributed by atoms with Crippen LogP contribution in [0.2, 0.25) is 10.0 Å². The Kier molecular flexibility index (Phi) is 5.93. The van der Waals surface area contributed by atoms with E-state index in [1.54, 1.807) is 43.3 Å². The van der Waals surface area contributed by atoms with Gasteiger partial charge < -0.3 is 5.32 Å². The van der Waals surface area contributed by atoms with Crippen molar-refractivity contribution in [3.63, 3.8) is 0 Å². The Morgan fingerprint density at radius 3 is 2.11 bits per heavy atom. The number of nitrogens with one attached hydrogen (secondary N) is 2. The highest BCUT2D eigenvalue weighted by molar-refractivity contribution is 7.92. The Balaban J connectivity index is 1.76. The van der Waals surface area contributed by atoms with E-state index in [-0.39, 0.29) is 15.8 Å². The van der Waals surface area contributed by atoms with Gasteiger partial charge >= 0.3 is 0 Å². The molecule has 28 heavy (non-hydrogen) atoms. The monoisotopic (exact) mass is 434 g/mol. The van der Waals surface area contributed by atoms with Crippen molar-refractivity contribution in [1.82, 2.24) is 0 Å². The fraction of sp³-hybridized carbons (Fsp3) is 0.0500. The van der Waals surface area contributed by atoms with E-state index >= 15 is 0 Å². The van der Waals surface area contributed by atoms with Crippen LogP contribution in [0.4, 0.5) is 11.4 Å². The van der Waals surface area contributed by atoms with E-state index in [0.717, 1.165) is 0 Å². The van der Waals surface area contributed by atoms with Crippen LogP contribution in [-0.4, -0.2) is 14.3 Å². The Bertz CT molecular complexity index is 1120. The van der Waals surface area contributed by atoms with Crippen molar-refractivity contribution in [2.75, 3.05) is 10.0 Å². The Labute approximate surface area is 173 Å². The van der Waals surface area contributed by atoms with Crippen LogP contribution < -0.4 is 10.0 Å². The van der Waals surface area contributed by atoms with Crippen molar-refractivity contribution in [1.29, 1.82) is 0 Å². The molecule has 144 valence electrons. The number of carbonyl (C=O) groups is 1. The molecule has 0 heterocycles. The van der Waals surface area contributed by atoms with Crippen molar-refractivity contribution < 1.29 is 13.2 Å². The van der Waals surface area contributed by atoms with Crippen molar-refractivity contribution in [2.24, 2.45) is 0 Å². The lowest BCUT2D eigenvalue weighted by Crippen LogP contribution is -2.15. The first-order valence-electron chi connectivity index (χ1n) is 8.21. The predicted molar refractivity (Wildman–Crippen MR) is 113 cm³/mol. The van der Waals surface area contributed by atoms with Crippen LogP contribution in [0.15, 0.2) is 71.6 Å². The number of carbonyl (C=O) groups excluding carboxylic acids is 1. The van der Waals surface area contributed by atoms with Crippen molar-refractivity contribution in [2.45, 2.75) is 11.8 Å². The van der Waals surface area contributed by atoms with Crippen molar-refractivity contribution in [3.05, 3.63) is 87.9 Å². The molecule has 0 fully saturated rings. The van der Waals surface area contributed by atoms with Gasteiger partial charge in [0, 0.05) is 16.9 Å². The molecule has 8 heteroatoms. The number of hydrogen-bond acceptors (Lipinski definition) is 3. The molecule has 0 spiro atoms. The molecule has 3 aromatic carbocycles. The molecule has 0 bridgehead atoms. The van der Waals surface area contributed by atoms with Crippen LogP contribution in [0.1, 0.15) is 15.9 Å². The maximum Gasteiger partial charge on any atom is 0.261 e. The lowest BCUT2D eigenvalue weighted by Gasteiger charge is -2.11. The van der Waals surface area contributed by atoms with Crippen molar-refractivity contribution >= 4 is 50.5 Å². The molecule has 0 aliphatic carbocycles. The summed E-state index contributed by atoms with van der Waals surface area (Å²) in [6, 6.07) is 17.6. The van der Waals surface area contributed by atoms with Crippen molar-refractivity contribution in [3.8, 4) is 0 Å². The number of rotatable bonds is 5. The van der Waals surface area contributed by atoms with Gasteiger partial charge in [-0.1, -0.05) is 41.4 Å². The lowest BCUT2D eigenvalue weighted by molar-refractivity contribution is 0.102. The molecule has 5 nitrogen and oxygen atoms in total. The molecule has 0 saturated heterocycles. The SMILES string of the molecule is Cc1cc(Cl)c(Cl)cc1C(=O)Nc1ccc(S(=O)(=O)Nc2ccccc2)cc1. The number of sulfonamides is 1. The van der Waals surface area contributed by atoms with Gasteiger partial charge in [-0.3, -0.25) is 9.52 Å². The molecule has 0 aromatic heterocycles. The van der Waals surface area contributed by atoms with E-state index in [2.05, 4.69) is 10.0 Å². The molecule has 0 aliphatic rings. The molecule has 3 rings (SSSR count). The fourth-order valence-corrected chi connectivity index (χ4v) is 3.97. The number of aryl methyl sites for hydroxylation is 1. The number of amides is 1. The molecule has 0 atom stereocenters. The fourth-order valence-electron chi connectivity index (χ4n) is 2.53. The van der Waals surface area contributed by atoms with E-state index in [9.17, 15) is 13.2 Å². The number of hydrogen-bond donors (Lipinski definition) is 2. The average molecular weight is 435 g/mol. The zero-order chi connectivity index (χ0) is 20.3. The van der Waals surface area contributed by atoms with Crippen LogP contribution in [0, 0.1) is 6.92 Å². The standard InChI is InChI=1S/C20H16Cl2N2O3S/c1-13-11-18(21)19(22)12-17(13)20(25)23-14-7-9-16(10-8-14)28(26,27)24-15-5-3-2-4-6-15/h2-12,24H,1H3,(H,23,25). The summed E-state index contributed by atoms with van der Waals surface area (Å²) in [5, 5.41) is 3.37. The van der Waals surface area contributed by atoms with E-state index in [1.165, 1.54) is 30.3 Å². The number of halogens is 2. The number of benzene rings is 3. The second-order valence-corrected chi connectivity index (χ2v) is 8.53. The summed E-state index contributed by atoms with van der Waals surface area (Å²) in [7, 11) is -3.72. The van der Waals surface area contributed by atoms with E-state index in [4.69, 9.17) is 23.2 Å². The summed E-state index contributed by atoms with van der Waals surface area (Å²) in [5.74, 6) is -0.367. The van der Waals surface area contributed by atoms with E-state index in [1.807, 2.05) is 0 Å². The van der Waals surface area contributed by atoms with Gasteiger partial charge in [-0.15, -0.1) is 0 Å². The van der Waals surface area contributed by atoms with Crippen LogP contribution >= 0.6 is 23.2 Å². The third-order valence-electron chi connectivity index (χ3n) is 3.96. The third-order valence-corrected chi connectivity index (χ3v) is 6.08. The van der Waals surface area contributed by atoms with Gasteiger partial charge in [0.15, 0.2) is 0 Å². The quantitative estimate of drug-likeness (QED) is 0.567. The second-order valence-electron chi connectivity index (χ2n) is 6.03. The van der Waals surface area contributed by atoms with Crippen LogP contribution in [0.25, 0.3) is 0 Å². The molecular weight excluding hydrogens is 419 g/mol. The summed E-state index contributed by atoms with van der Waals surface area (Å²) in [4.78, 5) is 12.6. The normalized spacial score (nSPS) is 11.1. The van der Waals surface area contributed by atoms with E-state index in [0.29, 0.717) is 27.5 Å². The first-order valence-corrected chi connectivity index (χ1v) is 10.4. The van der Waals surface area contributed by atoms with Gasteiger partial charge in [-0.2, -0.15) is 0 Å². The third kappa shape index (κ3) is 4.65. The maximum atomic E-state index is 12.5. The van der Waals surface area contributed by atoms with Gasteiger partial charge in [0.1, 0.15) is 0 Å². The highest BCUT2D eigenvalue weighted by atomic mass is 35.5.